The molecule has 5 nitrogen and oxygen atoms in total. The Morgan fingerprint density at radius 3 is 2.40 bits per heavy atom. The Labute approximate surface area is 148 Å². The summed E-state index contributed by atoms with van der Waals surface area (Å²) in [5.41, 5.74) is 2.29. The van der Waals surface area contributed by atoms with Crippen molar-refractivity contribution in [3.63, 3.8) is 0 Å². The lowest BCUT2D eigenvalue weighted by molar-refractivity contribution is -0.146. The highest BCUT2D eigenvalue weighted by atomic mass is 16.5. The summed E-state index contributed by atoms with van der Waals surface area (Å²) in [6, 6.07) is 12.9. The number of ketones is 1. The molecule has 0 saturated carbocycles. The Balaban J connectivity index is 1.81. The molecule has 0 aliphatic rings. The highest BCUT2D eigenvalue weighted by Crippen LogP contribution is 2.06. The Bertz CT molecular complexity index is 659. The van der Waals surface area contributed by atoms with Gasteiger partial charge in [0.15, 0.2) is 11.8 Å². The van der Waals surface area contributed by atoms with Gasteiger partial charge in [-0.2, -0.15) is 0 Å². The Hall–Kier alpha value is -2.53. The number of Topliss-reactive ketones (excluding diaryl/α,β-unsaturated/α-hetero) is 1. The SMILES string of the molecule is COC(=O)C(NCCc1ccccc1)C(=O)CCCc1ccncc1. The normalized spacial score (nSPS) is 11.7. The van der Waals surface area contributed by atoms with Crippen LogP contribution in [0.2, 0.25) is 0 Å². The van der Waals surface area contributed by atoms with E-state index in [0.29, 0.717) is 19.4 Å². The van der Waals surface area contributed by atoms with Crippen molar-refractivity contribution in [2.75, 3.05) is 13.7 Å². The van der Waals surface area contributed by atoms with Gasteiger partial charge in [-0.25, -0.2) is 4.79 Å². The van der Waals surface area contributed by atoms with E-state index in [4.69, 9.17) is 4.74 Å². The van der Waals surface area contributed by atoms with E-state index in [1.54, 1.807) is 12.4 Å². The first-order valence-corrected chi connectivity index (χ1v) is 8.47. The number of aromatic nitrogens is 1. The molecule has 0 bridgehead atoms. The molecule has 1 unspecified atom stereocenters. The Kier molecular flexibility index (Phi) is 7.79. The minimum Gasteiger partial charge on any atom is -0.468 e. The molecule has 1 atom stereocenters. The van der Waals surface area contributed by atoms with Gasteiger partial charge in [0, 0.05) is 25.4 Å². The van der Waals surface area contributed by atoms with Crippen LogP contribution in [0, 0.1) is 0 Å². The van der Waals surface area contributed by atoms with Gasteiger partial charge in [-0.15, -0.1) is 0 Å². The van der Waals surface area contributed by atoms with Crippen LogP contribution in [0.1, 0.15) is 24.0 Å². The van der Waals surface area contributed by atoms with Crippen LogP contribution in [0.25, 0.3) is 0 Å². The number of pyridine rings is 1. The third-order valence-corrected chi connectivity index (χ3v) is 4.00. The number of benzene rings is 1. The predicted octanol–water partition coefficient (Wildman–Crippen LogP) is 2.35. The van der Waals surface area contributed by atoms with E-state index in [1.165, 1.54) is 7.11 Å². The molecule has 0 radical (unpaired) electrons. The monoisotopic (exact) mass is 340 g/mol. The molecule has 0 fully saturated rings. The van der Waals surface area contributed by atoms with Crippen LogP contribution in [0.5, 0.6) is 0 Å². The van der Waals surface area contributed by atoms with Crippen LogP contribution in [-0.2, 0) is 27.2 Å². The maximum absolute atomic E-state index is 12.4. The van der Waals surface area contributed by atoms with E-state index in [2.05, 4.69) is 10.3 Å². The molecule has 1 heterocycles. The van der Waals surface area contributed by atoms with E-state index < -0.39 is 12.0 Å². The number of aryl methyl sites for hydroxylation is 1. The predicted molar refractivity (Wildman–Crippen MR) is 96.1 cm³/mol. The first kappa shape index (κ1) is 18.8. The van der Waals surface area contributed by atoms with Crippen molar-refractivity contribution < 1.29 is 14.3 Å². The topological polar surface area (TPSA) is 68.3 Å². The van der Waals surface area contributed by atoms with Crippen LogP contribution >= 0.6 is 0 Å². The number of ether oxygens (including phenoxy) is 1. The van der Waals surface area contributed by atoms with Crippen LogP contribution in [-0.4, -0.2) is 36.4 Å². The fourth-order valence-corrected chi connectivity index (χ4v) is 2.61. The third-order valence-electron chi connectivity index (χ3n) is 4.00. The van der Waals surface area contributed by atoms with E-state index in [1.807, 2.05) is 42.5 Å². The van der Waals surface area contributed by atoms with Gasteiger partial charge in [0.1, 0.15) is 0 Å². The molecule has 25 heavy (non-hydrogen) atoms. The van der Waals surface area contributed by atoms with E-state index >= 15 is 0 Å². The van der Waals surface area contributed by atoms with Gasteiger partial charge in [0.2, 0.25) is 0 Å². The number of hydrogen-bond acceptors (Lipinski definition) is 5. The Morgan fingerprint density at radius 2 is 1.72 bits per heavy atom. The summed E-state index contributed by atoms with van der Waals surface area (Å²) in [6.07, 6.45) is 6.03. The van der Waals surface area contributed by atoms with Gasteiger partial charge >= 0.3 is 5.97 Å². The van der Waals surface area contributed by atoms with Gasteiger partial charge in [-0.05, 0) is 42.5 Å². The molecule has 0 aliphatic carbocycles. The number of nitrogens with one attached hydrogen (secondary N) is 1. The number of methoxy groups -OCH3 is 1. The summed E-state index contributed by atoms with van der Waals surface area (Å²) < 4.78 is 4.77. The second-order valence-corrected chi connectivity index (χ2v) is 5.82. The van der Waals surface area contributed by atoms with Crippen molar-refractivity contribution in [3.8, 4) is 0 Å². The molecule has 5 heteroatoms. The maximum Gasteiger partial charge on any atom is 0.330 e. The minimum absolute atomic E-state index is 0.131. The van der Waals surface area contributed by atoms with Crippen molar-refractivity contribution in [3.05, 3.63) is 66.0 Å². The number of hydrogen-bond donors (Lipinski definition) is 1. The molecule has 0 aliphatic heterocycles. The van der Waals surface area contributed by atoms with Crippen molar-refractivity contribution in [2.45, 2.75) is 31.7 Å². The summed E-state index contributed by atoms with van der Waals surface area (Å²) >= 11 is 0. The fraction of sp³-hybridized carbons (Fsp3) is 0.350. The van der Waals surface area contributed by atoms with Gasteiger partial charge < -0.3 is 4.74 Å². The van der Waals surface area contributed by atoms with Crippen LogP contribution in [0.4, 0.5) is 0 Å². The molecule has 132 valence electrons. The fourth-order valence-electron chi connectivity index (χ4n) is 2.61. The average Bonchev–Trinajstić information content (AvgIpc) is 2.66. The molecule has 2 aromatic rings. The van der Waals surface area contributed by atoms with Crippen LogP contribution < -0.4 is 5.32 Å². The van der Waals surface area contributed by atoms with Crippen molar-refractivity contribution >= 4 is 11.8 Å². The second kappa shape index (κ2) is 10.4. The number of rotatable bonds is 10. The summed E-state index contributed by atoms with van der Waals surface area (Å²) in [6.45, 7) is 0.542. The number of carbonyl (C=O) groups excluding carboxylic acids is 2. The molecule has 2 rings (SSSR count). The second-order valence-electron chi connectivity index (χ2n) is 5.82. The van der Waals surface area contributed by atoms with Crippen molar-refractivity contribution in [2.24, 2.45) is 0 Å². The largest absolute Gasteiger partial charge is 0.468 e. The lowest BCUT2D eigenvalue weighted by atomic mass is 10.0. The number of esters is 1. The molecule has 1 aromatic heterocycles. The van der Waals surface area contributed by atoms with Crippen LogP contribution in [0.15, 0.2) is 54.9 Å². The molecule has 1 N–H and O–H groups in total. The third kappa shape index (κ3) is 6.47. The smallest absolute Gasteiger partial charge is 0.330 e. The molecule has 0 amide bonds. The summed E-state index contributed by atoms with van der Waals surface area (Å²) in [5, 5.41) is 3.03. The molecular weight excluding hydrogens is 316 g/mol. The minimum atomic E-state index is -0.897. The molecule has 0 spiro atoms. The van der Waals surface area contributed by atoms with E-state index in [9.17, 15) is 9.59 Å². The average molecular weight is 340 g/mol. The lowest BCUT2D eigenvalue weighted by Crippen LogP contribution is -2.45. The highest BCUT2D eigenvalue weighted by Gasteiger charge is 2.26. The quantitative estimate of drug-likeness (QED) is 0.531. The highest BCUT2D eigenvalue weighted by molar-refractivity contribution is 6.03. The van der Waals surface area contributed by atoms with Gasteiger partial charge in [0.25, 0.3) is 0 Å². The molecule has 1 aromatic carbocycles. The summed E-state index contributed by atoms with van der Waals surface area (Å²) in [5.74, 6) is -0.657. The zero-order valence-electron chi connectivity index (χ0n) is 14.5. The summed E-state index contributed by atoms with van der Waals surface area (Å²) in [7, 11) is 1.30. The number of carbonyl (C=O) groups is 2. The van der Waals surface area contributed by atoms with Gasteiger partial charge in [-0.1, -0.05) is 30.3 Å². The van der Waals surface area contributed by atoms with Gasteiger partial charge in [-0.3, -0.25) is 15.1 Å². The molecular formula is C20H24N2O3. The van der Waals surface area contributed by atoms with E-state index in [0.717, 1.165) is 24.0 Å². The lowest BCUT2D eigenvalue weighted by Gasteiger charge is -2.15. The summed E-state index contributed by atoms with van der Waals surface area (Å²) in [4.78, 5) is 28.3. The first-order valence-electron chi connectivity index (χ1n) is 8.47. The maximum atomic E-state index is 12.4. The standard InChI is InChI=1S/C20H24N2O3/c1-25-20(24)19(22-15-12-16-6-3-2-4-7-16)18(23)9-5-8-17-10-13-21-14-11-17/h2-4,6-7,10-11,13-14,19,22H,5,8-9,12,15H2,1H3. The number of nitrogens with zero attached hydrogens (tertiary/aromatic N) is 1. The zero-order valence-corrected chi connectivity index (χ0v) is 14.5. The van der Waals surface area contributed by atoms with Crippen molar-refractivity contribution in [1.29, 1.82) is 0 Å². The first-order chi connectivity index (χ1) is 12.2. The van der Waals surface area contributed by atoms with Crippen molar-refractivity contribution in [1.82, 2.24) is 10.3 Å². The van der Waals surface area contributed by atoms with E-state index in [-0.39, 0.29) is 5.78 Å². The Morgan fingerprint density at radius 1 is 1.04 bits per heavy atom. The van der Waals surface area contributed by atoms with Gasteiger partial charge in [0.05, 0.1) is 7.11 Å². The van der Waals surface area contributed by atoms with Crippen LogP contribution in [0.3, 0.4) is 0 Å². The molecule has 0 saturated heterocycles. The zero-order chi connectivity index (χ0) is 17.9.